The molecule has 0 heterocycles. The van der Waals surface area contributed by atoms with Crippen molar-refractivity contribution in [2.24, 2.45) is 17.3 Å². The van der Waals surface area contributed by atoms with Gasteiger partial charge >= 0.3 is 0 Å². The number of ketones is 2. The van der Waals surface area contributed by atoms with Crippen LogP contribution in [0.15, 0.2) is 53.7 Å². The Balaban J connectivity index is 2.10. The first-order valence-corrected chi connectivity index (χ1v) is 9.92. The normalized spacial score (nSPS) is 26.5. The molecule has 0 radical (unpaired) electrons. The SMILES string of the molecule is C=CC1=CC[C@H]2C(=O)C(C)=C(C)C(=O)[C@@]2(C)[C@H]1C=Cc1cc(OC)c(O)c(OC)c1. The first kappa shape index (κ1) is 21.6. The molecule has 3 rings (SSSR count). The number of ether oxygens (including phenoxy) is 2. The Bertz CT molecular complexity index is 985. The fraction of sp³-hybridized carbons (Fsp3) is 0.360. The summed E-state index contributed by atoms with van der Waals surface area (Å²) in [5.41, 5.74) is 1.90. The Morgan fingerprint density at radius 2 is 1.73 bits per heavy atom. The average Bonchev–Trinajstić information content (AvgIpc) is 2.75. The largest absolute Gasteiger partial charge is 0.502 e. The van der Waals surface area contributed by atoms with Crippen molar-refractivity contribution in [3.63, 3.8) is 0 Å². The van der Waals surface area contributed by atoms with Crippen molar-refractivity contribution >= 4 is 17.6 Å². The van der Waals surface area contributed by atoms with Crippen LogP contribution in [0.1, 0.15) is 32.8 Å². The predicted octanol–water partition coefficient (Wildman–Crippen LogP) is 4.67. The molecule has 0 aliphatic heterocycles. The number of hydrogen-bond acceptors (Lipinski definition) is 5. The third kappa shape index (κ3) is 3.18. The van der Waals surface area contributed by atoms with Gasteiger partial charge in [0.2, 0.25) is 5.75 Å². The molecule has 0 bridgehead atoms. The molecular formula is C25H28O5. The van der Waals surface area contributed by atoms with E-state index in [1.54, 1.807) is 32.1 Å². The Hall–Kier alpha value is -3.08. The van der Waals surface area contributed by atoms with Crippen molar-refractivity contribution < 1.29 is 24.2 Å². The van der Waals surface area contributed by atoms with Gasteiger partial charge in [0, 0.05) is 11.8 Å². The Morgan fingerprint density at radius 1 is 1.13 bits per heavy atom. The molecule has 5 heteroatoms. The van der Waals surface area contributed by atoms with E-state index in [9.17, 15) is 14.7 Å². The van der Waals surface area contributed by atoms with Crippen LogP contribution in [0.3, 0.4) is 0 Å². The minimum absolute atomic E-state index is 0.00701. The molecule has 0 saturated heterocycles. The molecule has 158 valence electrons. The van der Waals surface area contributed by atoms with Crippen LogP contribution in [-0.2, 0) is 9.59 Å². The molecule has 0 saturated carbocycles. The lowest BCUT2D eigenvalue weighted by Crippen LogP contribution is -2.51. The first-order chi connectivity index (χ1) is 14.2. The third-order valence-electron chi connectivity index (χ3n) is 6.62. The Labute approximate surface area is 177 Å². The van der Waals surface area contributed by atoms with E-state index in [-0.39, 0.29) is 23.2 Å². The van der Waals surface area contributed by atoms with Crippen molar-refractivity contribution in [1.82, 2.24) is 0 Å². The van der Waals surface area contributed by atoms with E-state index in [1.807, 2.05) is 25.2 Å². The number of phenols is 1. The van der Waals surface area contributed by atoms with E-state index >= 15 is 0 Å². The minimum atomic E-state index is -0.874. The fourth-order valence-corrected chi connectivity index (χ4v) is 4.63. The molecule has 0 fully saturated rings. The van der Waals surface area contributed by atoms with Crippen molar-refractivity contribution in [2.75, 3.05) is 14.2 Å². The van der Waals surface area contributed by atoms with E-state index in [0.29, 0.717) is 29.1 Å². The zero-order chi connectivity index (χ0) is 22.2. The lowest BCUT2D eigenvalue weighted by atomic mass is 9.53. The van der Waals surface area contributed by atoms with Crippen molar-refractivity contribution in [3.8, 4) is 17.2 Å². The highest BCUT2D eigenvalue weighted by Gasteiger charge is 2.54. The summed E-state index contributed by atoms with van der Waals surface area (Å²) in [6, 6.07) is 3.38. The number of methoxy groups -OCH3 is 2. The van der Waals surface area contributed by atoms with Gasteiger partial charge in [-0.2, -0.15) is 0 Å². The van der Waals surface area contributed by atoms with Gasteiger partial charge in [0.15, 0.2) is 23.1 Å². The van der Waals surface area contributed by atoms with Gasteiger partial charge in [-0.15, -0.1) is 0 Å². The lowest BCUT2D eigenvalue weighted by molar-refractivity contribution is -0.139. The third-order valence-corrected chi connectivity index (χ3v) is 6.62. The van der Waals surface area contributed by atoms with Gasteiger partial charge in [0.05, 0.1) is 19.6 Å². The number of fused-ring (bicyclic) bond motifs is 1. The molecule has 30 heavy (non-hydrogen) atoms. The fourth-order valence-electron chi connectivity index (χ4n) is 4.63. The molecule has 0 aromatic heterocycles. The van der Waals surface area contributed by atoms with Gasteiger partial charge in [-0.25, -0.2) is 0 Å². The first-order valence-electron chi connectivity index (χ1n) is 9.92. The highest BCUT2D eigenvalue weighted by Crippen LogP contribution is 2.52. The number of Topliss-reactive ketones (excluding diaryl/α,β-unsaturated/α-hetero) is 2. The van der Waals surface area contributed by atoms with Gasteiger partial charge < -0.3 is 14.6 Å². The number of carbonyl (C=O) groups excluding carboxylic acids is 2. The van der Waals surface area contributed by atoms with Crippen LogP contribution in [0.25, 0.3) is 6.08 Å². The van der Waals surface area contributed by atoms with Crippen LogP contribution in [0.2, 0.25) is 0 Å². The molecular weight excluding hydrogens is 380 g/mol. The number of carbonyl (C=O) groups is 2. The average molecular weight is 408 g/mol. The van der Waals surface area contributed by atoms with Crippen LogP contribution in [-0.4, -0.2) is 30.9 Å². The molecule has 0 amide bonds. The van der Waals surface area contributed by atoms with Crippen molar-refractivity contribution in [2.45, 2.75) is 27.2 Å². The van der Waals surface area contributed by atoms with Gasteiger partial charge in [-0.05, 0) is 54.7 Å². The minimum Gasteiger partial charge on any atom is -0.502 e. The van der Waals surface area contributed by atoms with Crippen LogP contribution in [0.5, 0.6) is 17.2 Å². The van der Waals surface area contributed by atoms with Crippen LogP contribution in [0.4, 0.5) is 0 Å². The molecule has 0 spiro atoms. The summed E-state index contributed by atoms with van der Waals surface area (Å²) in [4.78, 5) is 26.4. The predicted molar refractivity (Wildman–Crippen MR) is 117 cm³/mol. The molecule has 3 atom stereocenters. The summed E-state index contributed by atoms with van der Waals surface area (Å²) in [7, 11) is 2.94. The Kier molecular flexibility index (Phi) is 5.75. The van der Waals surface area contributed by atoms with Crippen molar-refractivity contribution in [3.05, 3.63) is 59.2 Å². The van der Waals surface area contributed by atoms with Gasteiger partial charge in [0.1, 0.15) is 0 Å². The van der Waals surface area contributed by atoms with Gasteiger partial charge in [-0.3, -0.25) is 9.59 Å². The molecule has 1 N–H and O–H groups in total. The molecule has 5 nitrogen and oxygen atoms in total. The highest BCUT2D eigenvalue weighted by molar-refractivity contribution is 6.15. The van der Waals surface area contributed by atoms with Crippen LogP contribution < -0.4 is 9.47 Å². The summed E-state index contributed by atoms with van der Waals surface area (Å²) in [5, 5.41) is 10.1. The second kappa shape index (κ2) is 7.98. The number of allylic oxidation sites excluding steroid dienone is 6. The molecule has 0 unspecified atom stereocenters. The number of benzene rings is 1. The van der Waals surface area contributed by atoms with E-state index in [2.05, 4.69) is 6.58 Å². The summed E-state index contributed by atoms with van der Waals surface area (Å²) in [5.74, 6) is -0.139. The zero-order valence-electron chi connectivity index (χ0n) is 18.1. The maximum absolute atomic E-state index is 13.4. The molecule has 1 aromatic rings. The second-order valence-electron chi connectivity index (χ2n) is 8.03. The summed E-state index contributed by atoms with van der Waals surface area (Å²) >= 11 is 0. The van der Waals surface area contributed by atoms with Crippen LogP contribution in [0, 0.1) is 17.3 Å². The number of rotatable bonds is 5. The Morgan fingerprint density at radius 3 is 2.27 bits per heavy atom. The topological polar surface area (TPSA) is 72.8 Å². The zero-order valence-corrected chi connectivity index (χ0v) is 18.1. The number of phenolic OH excluding ortho intramolecular Hbond substituents is 1. The highest BCUT2D eigenvalue weighted by atomic mass is 16.5. The quantitative estimate of drug-likeness (QED) is 0.767. The van der Waals surface area contributed by atoms with Gasteiger partial charge in [-0.1, -0.05) is 37.8 Å². The number of hydrogen-bond donors (Lipinski definition) is 1. The van der Waals surface area contributed by atoms with Crippen LogP contribution >= 0.6 is 0 Å². The molecule has 2 aliphatic rings. The van der Waals surface area contributed by atoms with E-state index in [0.717, 1.165) is 11.1 Å². The smallest absolute Gasteiger partial charge is 0.200 e. The lowest BCUT2D eigenvalue weighted by Gasteiger charge is -2.47. The maximum atomic E-state index is 13.4. The number of aromatic hydroxyl groups is 1. The second-order valence-corrected chi connectivity index (χ2v) is 8.03. The monoisotopic (exact) mass is 408 g/mol. The maximum Gasteiger partial charge on any atom is 0.200 e. The molecule has 1 aromatic carbocycles. The van der Waals surface area contributed by atoms with E-state index in [1.165, 1.54) is 14.2 Å². The van der Waals surface area contributed by atoms with E-state index in [4.69, 9.17) is 9.47 Å². The van der Waals surface area contributed by atoms with E-state index < -0.39 is 11.3 Å². The standard InChI is InChI=1S/C25H28O5/c1-7-17-9-11-19-22(26)14(2)15(3)24(28)25(19,4)18(17)10-8-16-12-20(29-5)23(27)21(13-16)30-6/h7-10,12-13,18-19,27H,1,11H2,2-6H3/t18-,19-,25-/m0/s1. The summed E-state index contributed by atoms with van der Waals surface area (Å²) < 4.78 is 10.5. The summed E-state index contributed by atoms with van der Waals surface area (Å²) in [6.07, 6.45) is 8.08. The summed E-state index contributed by atoms with van der Waals surface area (Å²) in [6.45, 7) is 9.28. The van der Waals surface area contributed by atoms with Gasteiger partial charge in [0.25, 0.3) is 0 Å². The molecule has 2 aliphatic carbocycles. The van der Waals surface area contributed by atoms with Crippen molar-refractivity contribution in [1.29, 1.82) is 0 Å².